The zero-order valence-electron chi connectivity index (χ0n) is 16.8. The molecule has 0 N–H and O–H groups in total. The van der Waals surface area contributed by atoms with Gasteiger partial charge in [0.2, 0.25) is 0 Å². The largest absolute Gasteiger partial charge is 0.497 e. The molecule has 0 aromatic heterocycles. The van der Waals surface area contributed by atoms with Crippen molar-refractivity contribution >= 4 is 29.0 Å². The molecule has 1 saturated heterocycles. The van der Waals surface area contributed by atoms with Crippen LogP contribution in [0.25, 0.3) is 17.2 Å². The summed E-state index contributed by atoms with van der Waals surface area (Å²) in [7, 11) is 1.60. The van der Waals surface area contributed by atoms with Gasteiger partial charge in [-0.05, 0) is 65.2 Å². The molecule has 4 nitrogen and oxygen atoms in total. The summed E-state index contributed by atoms with van der Waals surface area (Å²) < 4.78 is 5.15. The van der Waals surface area contributed by atoms with Crippen molar-refractivity contribution in [3.8, 4) is 16.9 Å². The summed E-state index contributed by atoms with van der Waals surface area (Å²) in [6.45, 7) is 2.30. The van der Waals surface area contributed by atoms with E-state index in [1.54, 1.807) is 13.2 Å². The Kier molecular flexibility index (Phi) is 5.72. The maximum atomic E-state index is 12.8. The van der Waals surface area contributed by atoms with Gasteiger partial charge in [-0.3, -0.25) is 14.5 Å². The average molecular weight is 416 g/mol. The number of thioether (sulfide) groups is 1. The lowest BCUT2D eigenvalue weighted by Crippen LogP contribution is -2.27. The van der Waals surface area contributed by atoms with Gasteiger partial charge in [-0.15, -0.1) is 0 Å². The quantitative estimate of drug-likeness (QED) is 0.486. The lowest BCUT2D eigenvalue weighted by Gasteiger charge is -2.12. The van der Waals surface area contributed by atoms with E-state index in [0.717, 1.165) is 39.8 Å². The Morgan fingerprint density at radius 3 is 2.37 bits per heavy atom. The van der Waals surface area contributed by atoms with Crippen LogP contribution in [0, 0.1) is 6.92 Å². The lowest BCUT2D eigenvalue weighted by molar-refractivity contribution is -0.123. The van der Waals surface area contributed by atoms with Crippen molar-refractivity contribution in [3.05, 3.63) is 94.4 Å². The van der Waals surface area contributed by atoms with Gasteiger partial charge in [0.1, 0.15) is 5.75 Å². The van der Waals surface area contributed by atoms with Crippen LogP contribution in [-0.2, 0) is 11.3 Å². The van der Waals surface area contributed by atoms with Crippen molar-refractivity contribution in [2.75, 3.05) is 7.11 Å². The molecule has 0 spiro atoms. The summed E-state index contributed by atoms with van der Waals surface area (Å²) in [5, 5.41) is -0.253. The van der Waals surface area contributed by atoms with Crippen LogP contribution in [0.4, 0.5) is 4.79 Å². The van der Waals surface area contributed by atoms with Crippen molar-refractivity contribution in [2.24, 2.45) is 0 Å². The van der Waals surface area contributed by atoms with Gasteiger partial charge in [0.05, 0.1) is 18.6 Å². The maximum Gasteiger partial charge on any atom is 0.293 e. The lowest BCUT2D eigenvalue weighted by atomic mass is 10.0. The number of carbonyl (C=O) groups is 2. The van der Waals surface area contributed by atoms with E-state index in [0.29, 0.717) is 4.91 Å². The molecule has 1 aliphatic heterocycles. The molecule has 0 unspecified atom stereocenters. The Morgan fingerprint density at radius 2 is 1.67 bits per heavy atom. The standard InChI is InChI=1S/C25H21NO3S/c1-17-6-10-20(11-7-17)21-5-3-4-19(14-21)15-23-24(27)26(25(28)30-23)16-18-8-12-22(29-2)13-9-18/h3-15H,16H2,1-2H3/b23-15-. The summed E-state index contributed by atoms with van der Waals surface area (Å²) in [5.41, 5.74) is 5.16. The molecule has 30 heavy (non-hydrogen) atoms. The van der Waals surface area contributed by atoms with Gasteiger partial charge in [-0.1, -0.05) is 60.2 Å². The first-order valence-electron chi connectivity index (χ1n) is 9.59. The highest BCUT2D eigenvalue weighted by Crippen LogP contribution is 2.34. The number of imide groups is 1. The van der Waals surface area contributed by atoms with Gasteiger partial charge >= 0.3 is 0 Å². The fourth-order valence-electron chi connectivity index (χ4n) is 3.26. The highest BCUT2D eigenvalue weighted by molar-refractivity contribution is 8.18. The monoisotopic (exact) mass is 415 g/mol. The molecule has 0 atom stereocenters. The van der Waals surface area contributed by atoms with Gasteiger partial charge in [0.25, 0.3) is 11.1 Å². The van der Waals surface area contributed by atoms with E-state index < -0.39 is 0 Å². The van der Waals surface area contributed by atoms with Crippen molar-refractivity contribution < 1.29 is 14.3 Å². The van der Waals surface area contributed by atoms with E-state index in [4.69, 9.17) is 4.74 Å². The van der Waals surface area contributed by atoms with E-state index in [-0.39, 0.29) is 17.7 Å². The van der Waals surface area contributed by atoms with E-state index >= 15 is 0 Å². The summed E-state index contributed by atoms with van der Waals surface area (Å²) in [6.07, 6.45) is 1.79. The van der Waals surface area contributed by atoms with Gasteiger partial charge in [-0.2, -0.15) is 0 Å². The first-order valence-corrected chi connectivity index (χ1v) is 10.4. The SMILES string of the molecule is COc1ccc(CN2C(=O)S/C(=C\c3cccc(-c4ccc(C)cc4)c3)C2=O)cc1. The predicted octanol–water partition coefficient (Wildman–Crippen LogP) is 5.91. The fourth-order valence-corrected chi connectivity index (χ4v) is 4.09. The molecule has 150 valence electrons. The van der Waals surface area contributed by atoms with Crippen LogP contribution >= 0.6 is 11.8 Å². The summed E-state index contributed by atoms with van der Waals surface area (Å²) in [6, 6.07) is 23.6. The van der Waals surface area contributed by atoms with E-state index in [9.17, 15) is 9.59 Å². The van der Waals surface area contributed by atoms with Gasteiger partial charge < -0.3 is 4.74 Å². The summed E-state index contributed by atoms with van der Waals surface area (Å²) in [4.78, 5) is 27.0. The molecule has 1 heterocycles. The third-order valence-corrected chi connectivity index (χ3v) is 5.85. The minimum absolute atomic E-state index is 0.245. The first kappa shape index (κ1) is 20.0. The van der Waals surface area contributed by atoms with Crippen LogP contribution in [0.15, 0.2) is 77.7 Å². The van der Waals surface area contributed by atoms with Gasteiger partial charge in [0.15, 0.2) is 0 Å². The van der Waals surface area contributed by atoms with Crippen LogP contribution < -0.4 is 4.74 Å². The molecule has 0 radical (unpaired) electrons. The molecule has 2 amide bonds. The highest BCUT2D eigenvalue weighted by atomic mass is 32.2. The second kappa shape index (κ2) is 8.59. The Morgan fingerprint density at radius 1 is 0.933 bits per heavy atom. The third kappa shape index (κ3) is 4.31. The van der Waals surface area contributed by atoms with E-state index in [2.05, 4.69) is 31.2 Å². The third-order valence-electron chi connectivity index (χ3n) is 4.94. The minimum atomic E-state index is -0.262. The molecule has 1 fully saturated rings. The molecule has 4 rings (SSSR count). The van der Waals surface area contributed by atoms with E-state index in [1.165, 1.54) is 10.5 Å². The minimum Gasteiger partial charge on any atom is -0.497 e. The molecule has 5 heteroatoms. The van der Waals surface area contributed by atoms with E-state index in [1.807, 2.05) is 48.5 Å². The molecule has 1 aliphatic rings. The number of hydrogen-bond donors (Lipinski definition) is 0. The second-order valence-corrected chi connectivity index (χ2v) is 8.10. The Hall–Kier alpha value is -3.31. The number of nitrogens with zero attached hydrogens (tertiary/aromatic N) is 1. The Balaban J connectivity index is 1.54. The van der Waals surface area contributed by atoms with Crippen LogP contribution in [0.1, 0.15) is 16.7 Å². The molecule has 3 aromatic carbocycles. The highest BCUT2D eigenvalue weighted by Gasteiger charge is 2.34. The second-order valence-electron chi connectivity index (χ2n) is 7.11. The number of hydrogen-bond acceptors (Lipinski definition) is 4. The van der Waals surface area contributed by atoms with Crippen LogP contribution in [0.5, 0.6) is 5.75 Å². The fraction of sp³-hybridized carbons (Fsp3) is 0.120. The topological polar surface area (TPSA) is 46.6 Å². The normalized spacial score (nSPS) is 15.1. The average Bonchev–Trinajstić information content (AvgIpc) is 3.02. The van der Waals surface area contributed by atoms with Crippen LogP contribution in [0.2, 0.25) is 0 Å². The molecule has 0 aliphatic carbocycles. The number of amides is 2. The van der Waals surface area contributed by atoms with Crippen molar-refractivity contribution in [2.45, 2.75) is 13.5 Å². The predicted molar refractivity (Wildman–Crippen MR) is 121 cm³/mol. The molecule has 3 aromatic rings. The molecular formula is C25H21NO3S. The Labute approximate surface area is 180 Å². The summed E-state index contributed by atoms with van der Waals surface area (Å²) >= 11 is 0.981. The van der Waals surface area contributed by atoms with Crippen molar-refractivity contribution in [1.29, 1.82) is 0 Å². The van der Waals surface area contributed by atoms with Crippen molar-refractivity contribution in [3.63, 3.8) is 0 Å². The Bertz CT molecular complexity index is 1120. The molecule has 0 bridgehead atoms. The number of ether oxygens (including phenoxy) is 1. The number of carbonyl (C=O) groups excluding carboxylic acids is 2. The maximum absolute atomic E-state index is 12.8. The first-order chi connectivity index (χ1) is 14.5. The number of rotatable bonds is 5. The zero-order chi connectivity index (χ0) is 21.1. The van der Waals surface area contributed by atoms with Crippen molar-refractivity contribution in [1.82, 2.24) is 4.90 Å². The van der Waals surface area contributed by atoms with Gasteiger partial charge in [-0.25, -0.2) is 0 Å². The molecular weight excluding hydrogens is 394 g/mol. The number of aryl methyl sites for hydroxylation is 1. The van der Waals surface area contributed by atoms with Crippen LogP contribution in [-0.4, -0.2) is 23.2 Å². The van der Waals surface area contributed by atoms with Crippen LogP contribution in [0.3, 0.4) is 0 Å². The zero-order valence-corrected chi connectivity index (χ0v) is 17.6. The summed E-state index contributed by atoms with van der Waals surface area (Å²) in [5.74, 6) is 0.475. The smallest absolute Gasteiger partial charge is 0.293 e. The number of methoxy groups -OCH3 is 1. The van der Waals surface area contributed by atoms with Gasteiger partial charge in [0, 0.05) is 0 Å². The number of benzene rings is 3. The molecule has 0 saturated carbocycles.